The van der Waals surface area contributed by atoms with Gasteiger partial charge in [0.25, 0.3) is 5.91 Å². The number of thioether (sulfide) groups is 1. The number of nitrogens with one attached hydrogen (secondary N) is 1. The van der Waals surface area contributed by atoms with Crippen molar-refractivity contribution in [2.45, 2.75) is 46.9 Å². The first kappa shape index (κ1) is 33.1. The number of alkyl halides is 3. The van der Waals surface area contributed by atoms with E-state index in [1.165, 1.54) is 46.4 Å². The molecule has 0 spiro atoms. The average molecular weight is 662 g/mol. The van der Waals surface area contributed by atoms with Gasteiger partial charge in [-0.15, -0.1) is 18.3 Å². The summed E-state index contributed by atoms with van der Waals surface area (Å²) in [5, 5.41) is 8.65. The third-order valence-corrected chi connectivity index (χ3v) is 8.09. The lowest BCUT2D eigenvalue weighted by molar-refractivity contribution is -0.274. The number of aromatic nitrogens is 3. The molecule has 1 saturated heterocycles. The van der Waals surface area contributed by atoms with Crippen LogP contribution in [0.1, 0.15) is 50.3 Å². The predicted octanol–water partition coefficient (Wildman–Crippen LogP) is 7.74. The number of rotatable bonds is 7. The number of carbonyl (C=O) groups excluding carboxylic acids is 2. The van der Waals surface area contributed by atoms with Crippen molar-refractivity contribution < 1.29 is 27.5 Å². The Balaban J connectivity index is 1.26. The Kier molecular flexibility index (Phi) is 9.61. The smallest absolute Gasteiger partial charge is 0.406 e. The molecular weight excluding hydrogens is 631 g/mol. The molecule has 0 bridgehead atoms. The molecular formula is C33H30F3N7O3S. The Labute approximate surface area is 273 Å². The van der Waals surface area contributed by atoms with E-state index in [9.17, 15) is 22.8 Å². The Morgan fingerprint density at radius 3 is 2.38 bits per heavy atom. The number of anilines is 1. The highest BCUT2D eigenvalue weighted by Crippen LogP contribution is 2.40. The Morgan fingerprint density at radius 2 is 1.74 bits per heavy atom. The van der Waals surface area contributed by atoms with Crippen LogP contribution < -0.4 is 15.1 Å². The first-order valence-corrected chi connectivity index (χ1v) is 15.2. The number of hydrogen-bond donors (Lipinski definition) is 1. The highest BCUT2D eigenvalue weighted by molar-refractivity contribution is 8.19. The summed E-state index contributed by atoms with van der Waals surface area (Å²) in [5.41, 5.74) is 7.71. The van der Waals surface area contributed by atoms with Crippen LogP contribution in [0, 0.1) is 6.92 Å². The van der Waals surface area contributed by atoms with Gasteiger partial charge in [0.1, 0.15) is 12.1 Å². The van der Waals surface area contributed by atoms with E-state index < -0.39 is 12.4 Å². The van der Waals surface area contributed by atoms with Crippen LogP contribution in [0.15, 0.2) is 93.6 Å². The largest absolute Gasteiger partial charge is 0.573 e. The molecule has 1 aromatic heterocycles. The van der Waals surface area contributed by atoms with E-state index >= 15 is 0 Å². The van der Waals surface area contributed by atoms with Gasteiger partial charge in [-0.1, -0.05) is 55.8 Å². The molecule has 0 atom stereocenters. The van der Waals surface area contributed by atoms with Crippen molar-refractivity contribution in [3.63, 3.8) is 0 Å². The topological polar surface area (TPSA) is 114 Å². The third-order valence-electron chi connectivity index (χ3n) is 6.85. The summed E-state index contributed by atoms with van der Waals surface area (Å²) in [6.07, 6.45) is -1.88. The second-order valence-corrected chi connectivity index (χ2v) is 12.0. The van der Waals surface area contributed by atoms with Gasteiger partial charge in [0.05, 0.1) is 22.5 Å². The normalized spacial score (nSPS) is 14.5. The fourth-order valence-corrected chi connectivity index (χ4v) is 5.58. The highest BCUT2D eigenvalue weighted by atomic mass is 32.2. The van der Waals surface area contributed by atoms with Crippen molar-refractivity contribution in [2.24, 2.45) is 10.1 Å². The van der Waals surface area contributed by atoms with Crippen LogP contribution in [-0.4, -0.2) is 44.4 Å². The van der Waals surface area contributed by atoms with Crippen molar-refractivity contribution in [2.75, 3.05) is 4.90 Å². The Bertz CT molecular complexity index is 1890. The molecule has 3 amide bonds. The first-order chi connectivity index (χ1) is 22.3. The molecule has 4 aromatic rings. The summed E-state index contributed by atoms with van der Waals surface area (Å²) < 4.78 is 42.6. The zero-order chi connectivity index (χ0) is 33.9. The summed E-state index contributed by atoms with van der Waals surface area (Å²) in [7, 11) is 0. The highest BCUT2D eigenvalue weighted by Gasteiger charge is 2.37. The van der Waals surface area contributed by atoms with Crippen molar-refractivity contribution in [1.82, 2.24) is 20.2 Å². The number of nitrogens with zero attached hydrogens (tertiary/aromatic N) is 6. The summed E-state index contributed by atoms with van der Waals surface area (Å²) in [6, 6.07) is 17.4. The van der Waals surface area contributed by atoms with E-state index in [1.54, 1.807) is 24.3 Å². The van der Waals surface area contributed by atoms with Gasteiger partial charge in [-0.05, 0) is 85.5 Å². The fraction of sp³-hybridized carbons (Fsp3) is 0.212. The van der Waals surface area contributed by atoms with Crippen molar-refractivity contribution in [1.29, 1.82) is 0 Å². The second-order valence-electron chi connectivity index (χ2n) is 11.0. The molecule has 0 saturated carbocycles. The first-order valence-electron chi connectivity index (χ1n) is 14.4. The number of urea groups is 1. The van der Waals surface area contributed by atoms with Gasteiger partial charge in [0.2, 0.25) is 0 Å². The fourth-order valence-electron chi connectivity index (χ4n) is 4.62. The predicted molar refractivity (Wildman–Crippen MR) is 176 cm³/mol. The van der Waals surface area contributed by atoms with Crippen LogP contribution >= 0.6 is 11.8 Å². The number of aliphatic imine (C=N–C) groups is 1. The standard InChI is InChI=1S/C33H30F3N7O3S/c1-19(2)26-15-6-21(5)16-27(26)43-30(44)28(20(3)4)47-32(43)39-31(45)40-38-17-22-7-9-23(10-8-22)29-37-18-42(41-29)24-11-13-25(14-12-24)46-33(34,35)36/h6-19H,1-5H3,(H,40,45)/b38-17+,39-32?. The third kappa shape index (κ3) is 7.95. The minimum atomic E-state index is -4.77. The van der Waals surface area contributed by atoms with E-state index in [1.807, 2.05) is 52.8 Å². The number of ether oxygens (including phenoxy) is 1. The van der Waals surface area contributed by atoms with Gasteiger partial charge < -0.3 is 4.74 Å². The maximum Gasteiger partial charge on any atom is 0.573 e. The SMILES string of the molecule is CC(C)=C1SC(=NC(=O)N/N=C/c2ccc(-c3ncn(-c4ccc(OC(F)(F)F)cc4)n3)cc2)N(c2cc(C)ccc2C(C)C)C1=O. The van der Waals surface area contributed by atoms with E-state index in [4.69, 9.17) is 0 Å². The molecule has 242 valence electrons. The number of amidine groups is 1. The lowest BCUT2D eigenvalue weighted by Gasteiger charge is -2.22. The molecule has 0 unspecified atom stereocenters. The van der Waals surface area contributed by atoms with Gasteiger partial charge in [0, 0.05) is 5.56 Å². The summed E-state index contributed by atoms with van der Waals surface area (Å²) >= 11 is 1.15. The molecule has 1 aliphatic rings. The molecule has 47 heavy (non-hydrogen) atoms. The molecule has 3 aromatic carbocycles. The number of benzene rings is 3. The zero-order valence-electron chi connectivity index (χ0n) is 26.0. The van der Waals surface area contributed by atoms with Crippen LogP contribution in [0.2, 0.25) is 0 Å². The lowest BCUT2D eigenvalue weighted by atomic mass is 9.98. The van der Waals surface area contributed by atoms with Gasteiger partial charge in [-0.2, -0.15) is 10.1 Å². The number of allylic oxidation sites excluding steroid dienone is 1. The number of aryl methyl sites for hydroxylation is 1. The van der Waals surface area contributed by atoms with E-state index in [2.05, 4.69) is 30.3 Å². The molecule has 1 aliphatic heterocycles. The lowest BCUT2D eigenvalue weighted by Crippen LogP contribution is -2.31. The van der Waals surface area contributed by atoms with Crippen molar-refractivity contribution in [3.8, 4) is 22.8 Å². The second kappa shape index (κ2) is 13.6. The van der Waals surface area contributed by atoms with Crippen LogP contribution in [0.25, 0.3) is 17.1 Å². The van der Waals surface area contributed by atoms with E-state index in [0.29, 0.717) is 33.2 Å². The van der Waals surface area contributed by atoms with E-state index in [-0.39, 0.29) is 22.7 Å². The molecule has 0 radical (unpaired) electrons. The van der Waals surface area contributed by atoms with Crippen molar-refractivity contribution in [3.05, 3.63) is 100 Å². The molecule has 10 nitrogen and oxygen atoms in total. The molecule has 1 fully saturated rings. The van der Waals surface area contributed by atoms with Gasteiger partial charge in [-0.3, -0.25) is 9.69 Å². The summed E-state index contributed by atoms with van der Waals surface area (Å²) in [6.45, 7) is 9.72. The van der Waals surface area contributed by atoms with Gasteiger partial charge in [0.15, 0.2) is 11.0 Å². The monoisotopic (exact) mass is 661 g/mol. The van der Waals surface area contributed by atoms with Gasteiger partial charge >= 0.3 is 12.4 Å². The van der Waals surface area contributed by atoms with E-state index in [0.717, 1.165) is 28.5 Å². The molecule has 2 heterocycles. The van der Waals surface area contributed by atoms with Crippen molar-refractivity contribution >= 4 is 40.8 Å². The molecule has 5 rings (SSSR count). The zero-order valence-corrected chi connectivity index (χ0v) is 26.8. The average Bonchev–Trinajstić information content (AvgIpc) is 3.62. The maximum absolute atomic E-state index is 13.4. The summed E-state index contributed by atoms with van der Waals surface area (Å²) in [5.74, 6) is -0.0340. The quantitative estimate of drug-likeness (QED) is 0.123. The number of amides is 3. The molecule has 0 aliphatic carbocycles. The number of carbonyl (C=O) groups is 2. The summed E-state index contributed by atoms with van der Waals surface area (Å²) in [4.78, 5) is 36.7. The molecule has 14 heteroatoms. The number of halogens is 3. The minimum Gasteiger partial charge on any atom is -0.406 e. The minimum absolute atomic E-state index is 0.138. The molecule has 1 N–H and O–H groups in total. The van der Waals surface area contributed by atoms with Crippen LogP contribution in [0.4, 0.5) is 23.7 Å². The Morgan fingerprint density at radius 1 is 1.04 bits per heavy atom. The van der Waals surface area contributed by atoms with Crippen LogP contribution in [-0.2, 0) is 4.79 Å². The number of hydrazone groups is 1. The van der Waals surface area contributed by atoms with Crippen LogP contribution in [0.5, 0.6) is 5.75 Å². The number of hydrogen-bond acceptors (Lipinski definition) is 7. The Hall–Kier alpha value is -5.24. The maximum atomic E-state index is 13.4. The van der Waals surface area contributed by atoms with Gasteiger partial charge in [-0.25, -0.2) is 19.9 Å². The van der Waals surface area contributed by atoms with Crippen LogP contribution in [0.3, 0.4) is 0 Å².